The van der Waals surface area contributed by atoms with Crippen molar-refractivity contribution in [1.29, 1.82) is 0 Å². The van der Waals surface area contributed by atoms with Gasteiger partial charge in [-0.1, -0.05) is 24.3 Å². The molecule has 0 fully saturated rings. The fraction of sp³-hybridized carbons (Fsp3) is 0.278. The number of nitrogens with zero attached hydrogens (tertiary/aromatic N) is 1. The van der Waals surface area contributed by atoms with Gasteiger partial charge in [0.25, 0.3) is 0 Å². The van der Waals surface area contributed by atoms with Crippen LogP contribution in [-0.2, 0) is 21.1 Å². The van der Waals surface area contributed by atoms with E-state index in [2.05, 4.69) is 0 Å². The third-order valence-corrected chi connectivity index (χ3v) is 5.87. The van der Waals surface area contributed by atoms with E-state index in [0.29, 0.717) is 18.5 Å². The van der Waals surface area contributed by atoms with Crippen LogP contribution in [-0.4, -0.2) is 33.7 Å². The molecule has 1 heterocycles. The smallest absolute Gasteiger partial charge is 0.227 e. The molecule has 0 aromatic heterocycles. The summed E-state index contributed by atoms with van der Waals surface area (Å²) >= 11 is 0. The van der Waals surface area contributed by atoms with Gasteiger partial charge >= 0.3 is 0 Å². The molecule has 2 aromatic carbocycles. The summed E-state index contributed by atoms with van der Waals surface area (Å²) in [4.78, 5) is 14.4. The predicted octanol–water partition coefficient (Wildman–Crippen LogP) is 2.45. The Morgan fingerprint density at radius 3 is 2.75 bits per heavy atom. The maximum absolute atomic E-state index is 12.6. The van der Waals surface area contributed by atoms with Gasteiger partial charge in [0.1, 0.15) is 5.75 Å². The highest BCUT2D eigenvalue weighted by molar-refractivity contribution is 7.91. The molecule has 6 heteroatoms. The summed E-state index contributed by atoms with van der Waals surface area (Å²) in [5.41, 5.74) is 1.50. The molecule has 126 valence electrons. The van der Waals surface area contributed by atoms with Gasteiger partial charge in [-0.15, -0.1) is 0 Å². The van der Waals surface area contributed by atoms with E-state index >= 15 is 0 Å². The first-order valence-electron chi connectivity index (χ1n) is 7.76. The fourth-order valence-corrected chi connectivity index (χ4v) is 4.28. The van der Waals surface area contributed by atoms with Crippen LogP contribution < -0.4 is 9.64 Å². The maximum atomic E-state index is 12.6. The lowest BCUT2D eigenvalue weighted by Gasteiger charge is -2.29. The number of methoxy groups -OCH3 is 1. The van der Waals surface area contributed by atoms with Gasteiger partial charge in [-0.05, 0) is 36.2 Å². The standard InChI is InChI=1S/C18H19NO4S/c1-23-15-6-4-5-14(13-15)9-10-18(20)19-11-12-24(21,22)17-8-3-2-7-16(17)19/h2-8,13H,9-12H2,1H3. The first kappa shape index (κ1) is 16.5. The van der Waals surface area contributed by atoms with Crippen molar-refractivity contribution in [2.75, 3.05) is 24.3 Å². The first-order chi connectivity index (χ1) is 11.5. The Morgan fingerprint density at radius 1 is 1.17 bits per heavy atom. The van der Waals surface area contributed by atoms with Gasteiger partial charge < -0.3 is 9.64 Å². The lowest BCUT2D eigenvalue weighted by atomic mass is 10.1. The van der Waals surface area contributed by atoms with Gasteiger partial charge in [-0.3, -0.25) is 4.79 Å². The number of aryl methyl sites for hydroxylation is 1. The molecule has 0 atom stereocenters. The van der Waals surface area contributed by atoms with Crippen LogP contribution >= 0.6 is 0 Å². The van der Waals surface area contributed by atoms with E-state index in [1.165, 1.54) is 0 Å². The summed E-state index contributed by atoms with van der Waals surface area (Å²) in [6, 6.07) is 14.3. The summed E-state index contributed by atoms with van der Waals surface area (Å²) in [5.74, 6) is 0.657. The summed E-state index contributed by atoms with van der Waals surface area (Å²) < 4.78 is 29.5. The van der Waals surface area contributed by atoms with Crippen LogP contribution in [0.1, 0.15) is 12.0 Å². The average Bonchev–Trinajstić information content (AvgIpc) is 2.60. The van der Waals surface area contributed by atoms with Crippen molar-refractivity contribution in [1.82, 2.24) is 0 Å². The van der Waals surface area contributed by atoms with Gasteiger partial charge in [0.05, 0.1) is 23.4 Å². The van der Waals surface area contributed by atoms with Crippen molar-refractivity contribution >= 4 is 21.4 Å². The van der Waals surface area contributed by atoms with E-state index in [9.17, 15) is 13.2 Å². The number of hydrogen-bond donors (Lipinski definition) is 0. The minimum absolute atomic E-state index is 0.0328. The predicted molar refractivity (Wildman–Crippen MR) is 92.2 cm³/mol. The summed E-state index contributed by atoms with van der Waals surface area (Å²) in [7, 11) is -1.69. The minimum Gasteiger partial charge on any atom is -0.497 e. The van der Waals surface area contributed by atoms with Crippen molar-refractivity contribution in [3.05, 3.63) is 54.1 Å². The van der Waals surface area contributed by atoms with Crippen LogP contribution in [0, 0.1) is 0 Å². The molecular formula is C18H19NO4S. The van der Waals surface area contributed by atoms with Gasteiger partial charge in [-0.2, -0.15) is 0 Å². The summed E-state index contributed by atoms with van der Waals surface area (Å²) in [5, 5.41) is 0. The van der Waals surface area contributed by atoms with Crippen molar-refractivity contribution in [3.8, 4) is 5.75 Å². The van der Waals surface area contributed by atoms with Crippen molar-refractivity contribution in [3.63, 3.8) is 0 Å². The second kappa shape index (κ2) is 6.65. The number of carbonyl (C=O) groups excluding carboxylic acids is 1. The van der Waals surface area contributed by atoms with Crippen LogP contribution in [0.3, 0.4) is 0 Å². The first-order valence-corrected chi connectivity index (χ1v) is 9.41. The van der Waals surface area contributed by atoms with E-state index < -0.39 is 9.84 Å². The number of fused-ring (bicyclic) bond motifs is 1. The summed E-state index contributed by atoms with van der Waals surface area (Å²) in [6.07, 6.45) is 0.906. The highest BCUT2D eigenvalue weighted by atomic mass is 32.2. The van der Waals surface area contributed by atoms with Gasteiger partial charge in [-0.25, -0.2) is 8.42 Å². The topological polar surface area (TPSA) is 63.7 Å². The third-order valence-electron chi connectivity index (χ3n) is 4.14. The Labute approximate surface area is 141 Å². The quantitative estimate of drug-likeness (QED) is 0.854. The minimum atomic E-state index is -3.30. The van der Waals surface area contributed by atoms with E-state index in [1.807, 2.05) is 24.3 Å². The van der Waals surface area contributed by atoms with E-state index in [0.717, 1.165) is 11.3 Å². The lowest BCUT2D eigenvalue weighted by molar-refractivity contribution is -0.118. The van der Waals surface area contributed by atoms with Crippen molar-refractivity contribution in [2.45, 2.75) is 17.7 Å². The Hall–Kier alpha value is -2.34. The Kier molecular flexibility index (Phi) is 4.57. The molecule has 0 N–H and O–H groups in total. The fourth-order valence-electron chi connectivity index (χ4n) is 2.86. The highest BCUT2D eigenvalue weighted by Crippen LogP contribution is 2.30. The van der Waals surface area contributed by atoms with E-state index in [4.69, 9.17) is 4.74 Å². The molecule has 0 bridgehead atoms. The van der Waals surface area contributed by atoms with Crippen LogP contribution in [0.5, 0.6) is 5.75 Å². The molecule has 0 aliphatic carbocycles. The average molecular weight is 345 g/mol. The number of amides is 1. The second-order valence-corrected chi connectivity index (χ2v) is 7.76. The molecule has 0 unspecified atom stereocenters. The number of rotatable bonds is 4. The van der Waals surface area contributed by atoms with E-state index in [1.54, 1.807) is 36.3 Å². The van der Waals surface area contributed by atoms with Crippen LogP contribution in [0.25, 0.3) is 0 Å². The zero-order valence-electron chi connectivity index (χ0n) is 13.4. The number of ether oxygens (including phenoxy) is 1. The monoisotopic (exact) mass is 345 g/mol. The largest absolute Gasteiger partial charge is 0.497 e. The molecule has 1 aliphatic rings. The molecule has 1 amide bonds. The Morgan fingerprint density at radius 2 is 1.96 bits per heavy atom. The highest BCUT2D eigenvalue weighted by Gasteiger charge is 2.30. The van der Waals surface area contributed by atoms with Crippen LogP contribution in [0.15, 0.2) is 53.4 Å². The molecule has 0 spiro atoms. The number of hydrogen-bond acceptors (Lipinski definition) is 4. The van der Waals surface area contributed by atoms with Crippen molar-refractivity contribution < 1.29 is 17.9 Å². The van der Waals surface area contributed by atoms with Gasteiger partial charge in [0.2, 0.25) is 5.91 Å². The lowest BCUT2D eigenvalue weighted by Crippen LogP contribution is -2.39. The number of carbonyl (C=O) groups is 1. The van der Waals surface area contributed by atoms with Gasteiger partial charge in [0, 0.05) is 13.0 Å². The van der Waals surface area contributed by atoms with Crippen LogP contribution in [0.4, 0.5) is 5.69 Å². The van der Waals surface area contributed by atoms with Crippen LogP contribution in [0.2, 0.25) is 0 Å². The Bertz CT molecular complexity index is 861. The maximum Gasteiger partial charge on any atom is 0.227 e. The van der Waals surface area contributed by atoms with Gasteiger partial charge in [0.15, 0.2) is 9.84 Å². The number of para-hydroxylation sites is 1. The second-order valence-electron chi connectivity index (χ2n) is 5.68. The SMILES string of the molecule is COc1cccc(CCC(=O)N2CCS(=O)(=O)c3ccccc32)c1. The molecule has 5 nitrogen and oxygen atoms in total. The zero-order valence-corrected chi connectivity index (χ0v) is 14.3. The molecule has 0 radical (unpaired) electrons. The normalized spacial score (nSPS) is 15.6. The molecular weight excluding hydrogens is 326 g/mol. The Balaban J connectivity index is 1.76. The summed E-state index contributed by atoms with van der Waals surface area (Å²) in [6.45, 7) is 0.205. The zero-order chi connectivity index (χ0) is 17.2. The van der Waals surface area contributed by atoms with Crippen molar-refractivity contribution in [2.24, 2.45) is 0 Å². The van der Waals surface area contributed by atoms with E-state index in [-0.39, 0.29) is 23.1 Å². The molecule has 24 heavy (non-hydrogen) atoms. The third kappa shape index (κ3) is 3.28. The molecule has 2 aromatic rings. The number of sulfone groups is 1. The number of anilines is 1. The molecule has 1 aliphatic heterocycles. The molecule has 3 rings (SSSR count). The molecule has 0 saturated heterocycles. The molecule has 0 saturated carbocycles. The number of benzene rings is 2.